The van der Waals surface area contributed by atoms with E-state index in [4.69, 9.17) is 32.7 Å². The minimum atomic E-state index is -1.34. The van der Waals surface area contributed by atoms with Gasteiger partial charge in [-0.15, -0.1) is 0 Å². The number of nitrogens with one attached hydrogen (secondary N) is 1. The Morgan fingerprint density at radius 2 is 1.82 bits per heavy atom. The van der Waals surface area contributed by atoms with E-state index < -0.39 is 17.7 Å². The molecular weight excluding hydrogens is 405 g/mol. The number of carbonyl (C=O) groups is 2. The van der Waals surface area contributed by atoms with Crippen molar-refractivity contribution in [2.24, 2.45) is 10.2 Å². The van der Waals surface area contributed by atoms with Gasteiger partial charge in [0.1, 0.15) is 16.5 Å². The van der Waals surface area contributed by atoms with Crippen LogP contribution >= 0.6 is 23.2 Å². The lowest BCUT2D eigenvalue weighted by Gasteiger charge is -2.14. The zero-order chi connectivity index (χ0) is 20.8. The van der Waals surface area contributed by atoms with Crippen LogP contribution in [0.15, 0.2) is 40.6 Å². The summed E-state index contributed by atoms with van der Waals surface area (Å²) in [6.45, 7) is 3.07. The van der Waals surface area contributed by atoms with E-state index in [2.05, 4.69) is 15.5 Å². The van der Waals surface area contributed by atoms with E-state index in [1.165, 1.54) is 27.2 Å². The Morgan fingerprint density at radius 1 is 1.11 bits per heavy atom. The number of ether oxygens (including phenoxy) is 2. The second kappa shape index (κ2) is 9.52. The number of ketones is 1. The fourth-order valence-electron chi connectivity index (χ4n) is 2.26. The molecule has 0 bridgehead atoms. The van der Waals surface area contributed by atoms with Gasteiger partial charge in [0.05, 0.1) is 25.6 Å². The van der Waals surface area contributed by atoms with Crippen molar-refractivity contribution in [2.75, 3.05) is 19.5 Å². The summed E-state index contributed by atoms with van der Waals surface area (Å²) in [6.07, 6.45) is 0. The highest BCUT2D eigenvalue weighted by atomic mass is 35.5. The average Bonchev–Trinajstić information content (AvgIpc) is 2.66. The van der Waals surface area contributed by atoms with Crippen molar-refractivity contribution in [1.29, 1.82) is 0 Å². The summed E-state index contributed by atoms with van der Waals surface area (Å²) in [6, 6.07) is 6.74. The molecule has 0 fully saturated rings. The minimum Gasteiger partial charge on any atom is -0.497 e. The molecule has 0 aliphatic carbocycles. The first-order chi connectivity index (χ1) is 13.3. The maximum atomic E-state index is 12.6. The molecule has 0 aliphatic rings. The fraction of sp³-hybridized carbons (Fsp3) is 0.263. The highest BCUT2D eigenvalue weighted by Gasteiger charge is 2.25. The third kappa shape index (κ3) is 5.21. The summed E-state index contributed by atoms with van der Waals surface area (Å²) in [5, 5.41) is 11.2. The predicted octanol–water partition coefficient (Wildman–Crippen LogP) is 5.00. The third-order valence-electron chi connectivity index (χ3n) is 3.79. The van der Waals surface area contributed by atoms with Crippen molar-refractivity contribution >= 4 is 46.3 Å². The van der Waals surface area contributed by atoms with Gasteiger partial charge in [0.15, 0.2) is 5.78 Å². The highest BCUT2D eigenvalue weighted by Crippen LogP contribution is 2.36. The molecule has 0 aromatic heterocycles. The Bertz CT molecular complexity index is 932. The maximum absolute atomic E-state index is 12.6. The molecule has 0 spiro atoms. The number of hydrogen-bond donors (Lipinski definition) is 1. The van der Waals surface area contributed by atoms with Gasteiger partial charge in [-0.3, -0.25) is 9.59 Å². The number of benzene rings is 2. The number of methoxy groups -OCH3 is 2. The topological polar surface area (TPSA) is 89.4 Å². The minimum absolute atomic E-state index is 0.171. The van der Waals surface area contributed by atoms with Crippen LogP contribution in [0.4, 0.5) is 11.4 Å². The summed E-state index contributed by atoms with van der Waals surface area (Å²) in [5.41, 5.74) is 1.51. The number of aryl methyl sites for hydroxylation is 1. The van der Waals surface area contributed by atoms with Crippen LogP contribution in [0, 0.1) is 6.92 Å². The maximum Gasteiger partial charge on any atom is 0.258 e. The summed E-state index contributed by atoms with van der Waals surface area (Å²) in [7, 11) is 2.90. The number of hydrogen-bond acceptors (Lipinski definition) is 6. The Kier molecular flexibility index (Phi) is 7.37. The number of halogens is 2. The van der Waals surface area contributed by atoms with Gasteiger partial charge >= 0.3 is 0 Å². The second-order valence-electron chi connectivity index (χ2n) is 5.84. The zero-order valence-corrected chi connectivity index (χ0v) is 17.3. The first-order valence-corrected chi connectivity index (χ1v) is 8.92. The molecule has 28 heavy (non-hydrogen) atoms. The molecule has 0 aliphatic heterocycles. The van der Waals surface area contributed by atoms with Crippen LogP contribution in [0.3, 0.4) is 0 Å². The smallest absolute Gasteiger partial charge is 0.258 e. The van der Waals surface area contributed by atoms with Crippen LogP contribution in [-0.2, 0) is 9.59 Å². The molecular formula is C19H19Cl2N3O4. The third-order valence-corrected chi connectivity index (χ3v) is 4.60. The van der Waals surface area contributed by atoms with Gasteiger partial charge in [-0.05, 0) is 37.6 Å². The lowest BCUT2D eigenvalue weighted by molar-refractivity contribution is -0.126. The molecule has 0 heterocycles. The Morgan fingerprint density at radius 3 is 2.39 bits per heavy atom. The van der Waals surface area contributed by atoms with E-state index in [1.54, 1.807) is 24.3 Å². The summed E-state index contributed by atoms with van der Waals surface area (Å²) >= 11 is 12.2. The van der Waals surface area contributed by atoms with E-state index in [0.717, 1.165) is 5.56 Å². The molecule has 0 saturated heterocycles. The fourth-order valence-corrected chi connectivity index (χ4v) is 2.62. The van der Waals surface area contributed by atoms with Crippen LogP contribution in [0.1, 0.15) is 12.5 Å². The first kappa shape index (κ1) is 21.7. The predicted molar refractivity (Wildman–Crippen MR) is 108 cm³/mol. The van der Waals surface area contributed by atoms with Gasteiger partial charge in [-0.25, -0.2) is 0 Å². The molecule has 2 rings (SSSR count). The standard InChI is InChI=1S/C19H19Cl2N3O4/c1-10-7-12(5-6-14(10)20)23-24-18(11(2)25)19(26)22-15-8-13(27-3)9-16(28-4)17(15)21/h5-9,18H,1-4H3,(H,22,26). The number of carbonyl (C=O) groups excluding carboxylic acids is 2. The Labute approximate surface area is 172 Å². The molecule has 7 nitrogen and oxygen atoms in total. The largest absolute Gasteiger partial charge is 0.497 e. The molecule has 1 unspecified atom stereocenters. The van der Waals surface area contributed by atoms with Crippen molar-refractivity contribution in [3.8, 4) is 11.5 Å². The molecule has 1 N–H and O–H groups in total. The van der Waals surface area contributed by atoms with Gasteiger partial charge in [-0.1, -0.05) is 23.2 Å². The SMILES string of the molecule is COc1cc(NC(=O)C(N=Nc2ccc(Cl)c(C)c2)C(C)=O)c(Cl)c(OC)c1. The molecule has 9 heteroatoms. The van der Waals surface area contributed by atoms with Gasteiger partial charge in [-0.2, -0.15) is 10.2 Å². The van der Waals surface area contributed by atoms with Gasteiger partial charge < -0.3 is 14.8 Å². The van der Waals surface area contributed by atoms with Crippen molar-refractivity contribution in [1.82, 2.24) is 0 Å². The second-order valence-corrected chi connectivity index (χ2v) is 6.63. The lowest BCUT2D eigenvalue weighted by Crippen LogP contribution is -2.32. The van der Waals surface area contributed by atoms with Gasteiger partial charge in [0.2, 0.25) is 6.04 Å². The number of amides is 1. The molecule has 2 aromatic carbocycles. The molecule has 148 valence electrons. The molecule has 1 amide bonds. The molecule has 2 aromatic rings. The van der Waals surface area contributed by atoms with E-state index in [-0.39, 0.29) is 10.7 Å². The Balaban J connectivity index is 2.27. The monoisotopic (exact) mass is 423 g/mol. The number of anilines is 1. The van der Waals surface area contributed by atoms with Crippen LogP contribution in [0.25, 0.3) is 0 Å². The molecule has 1 atom stereocenters. The van der Waals surface area contributed by atoms with E-state index in [9.17, 15) is 9.59 Å². The van der Waals surface area contributed by atoms with Gasteiger partial charge in [0.25, 0.3) is 5.91 Å². The van der Waals surface area contributed by atoms with Crippen molar-refractivity contribution in [2.45, 2.75) is 19.9 Å². The van der Waals surface area contributed by atoms with Crippen molar-refractivity contribution < 1.29 is 19.1 Å². The van der Waals surface area contributed by atoms with Crippen molar-refractivity contribution in [3.63, 3.8) is 0 Å². The van der Waals surface area contributed by atoms with Crippen molar-refractivity contribution in [3.05, 3.63) is 45.9 Å². The number of rotatable bonds is 7. The lowest BCUT2D eigenvalue weighted by atomic mass is 10.2. The zero-order valence-electron chi connectivity index (χ0n) is 15.7. The first-order valence-electron chi connectivity index (χ1n) is 8.16. The summed E-state index contributed by atoms with van der Waals surface area (Å²) < 4.78 is 10.3. The quantitative estimate of drug-likeness (QED) is 0.501. The van der Waals surface area contributed by atoms with Crippen LogP contribution in [0.5, 0.6) is 11.5 Å². The van der Waals surface area contributed by atoms with E-state index in [1.807, 2.05) is 6.92 Å². The average molecular weight is 424 g/mol. The Hall–Kier alpha value is -2.64. The summed E-state index contributed by atoms with van der Waals surface area (Å²) in [4.78, 5) is 24.5. The van der Waals surface area contributed by atoms with E-state index in [0.29, 0.717) is 22.2 Å². The van der Waals surface area contributed by atoms with Crippen LogP contribution in [0.2, 0.25) is 10.0 Å². The highest BCUT2D eigenvalue weighted by molar-refractivity contribution is 6.35. The number of nitrogens with zero attached hydrogens (tertiary/aromatic N) is 2. The van der Waals surface area contributed by atoms with Crippen LogP contribution in [-0.4, -0.2) is 32.0 Å². The van der Waals surface area contributed by atoms with E-state index >= 15 is 0 Å². The molecule has 0 saturated carbocycles. The summed E-state index contributed by atoms with van der Waals surface area (Å²) in [5.74, 6) is -0.416. The number of Topliss-reactive ketones (excluding diaryl/α,β-unsaturated/α-hetero) is 1. The van der Waals surface area contributed by atoms with Gasteiger partial charge in [0, 0.05) is 17.2 Å². The molecule has 0 radical (unpaired) electrons. The normalized spacial score (nSPS) is 11.9. The number of azo groups is 1. The van der Waals surface area contributed by atoms with Crippen LogP contribution < -0.4 is 14.8 Å².